The van der Waals surface area contributed by atoms with Crippen molar-refractivity contribution in [2.45, 2.75) is 12.7 Å². The molecule has 150 valence electrons. The van der Waals surface area contributed by atoms with Crippen LogP contribution in [-0.4, -0.2) is 31.1 Å². The Morgan fingerprint density at radius 3 is 2.00 bits per heavy atom. The zero-order valence-electron chi connectivity index (χ0n) is 16.1. The molecule has 1 heterocycles. The van der Waals surface area contributed by atoms with Crippen molar-refractivity contribution in [1.82, 2.24) is 4.90 Å². The van der Waals surface area contributed by atoms with Gasteiger partial charge in [0.15, 0.2) is 0 Å². The quantitative estimate of drug-likeness (QED) is 0.559. The molecule has 0 saturated carbocycles. The summed E-state index contributed by atoms with van der Waals surface area (Å²) in [6, 6.07) is 24.5. The van der Waals surface area contributed by atoms with Crippen LogP contribution in [0.4, 0.5) is 18.9 Å². The van der Waals surface area contributed by atoms with Crippen LogP contribution in [0.1, 0.15) is 11.1 Å². The van der Waals surface area contributed by atoms with Gasteiger partial charge in [0, 0.05) is 38.4 Å². The van der Waals surface area contributed by atoms with Gasteiger partial charge in [-0.15, -0.1) is 0 Å². The zero-order chi connectivity index (χ0) is 20.3. The van der Waals surface area contributed by atoms with Crippen molar-refractivity contribution in [2.24, 2.45) is 0 Å². The highest BCUT2D eigenvalue weighted by molar-refractivity contribution is 5.63. The third kappa shape index (κ3) is 4.80. The van der Waals surface area contributed by atoms with Crippen LogP contribution in [-0.2, 0) is 12.7 Å². The SMILES string of the molecule is FC(F)(F)c1cccc(N2CCN(Cc3ccc(-c4ccccc4)cc3)CC2)c1. The molecule has 3 aromatic rings. The maximum atomic E-state index is 12.9. The van der Waals surface area contributed by atoms with Gasteiger partial charge in [-0.05, 0) is 34.9 Å². The zero-order valence-corrected chi connectivity index (χ0v) is 16.1. The minimum absolute atomic E-state index is 0.587. The average molecular weight is 396 g/mol. The third-order valence-corrected chi connectivity index (χ3v) is 5.38. The van der Waals surface area contributed by atoms with E-state index in [1.54, 1.807) is 6.07 Å². The lowest BCUT2D eigenvalue weighted by molar-refractivity contribution is -0.137. The van der Waals surface area contributed by atoms with Crippen molar-refractivity contribution in [3.8, 4) is 11.1 Å². The van der Waals surface area contributed by atoms with E-state index in [1.807, 2.05) is 23.1 Å². The molecule has 0 unspecified atom stereocenters. The topological polar surface area (TPSA) is 6.48 Å². The lowest BCUT2D eigenvalue weighted by Crippen LogP contribution is -2.46. The molecule has 0 aromatic heterocycles. The molecule has 1 aliphatic heterocycles. The standard InChI is InChI=1S/C24H23F3N2/c25-24(26,27)22-7-4-8-23(17-22)29-15-13-28(14-16-29)18-19-9-11-21(12-10-19)20-5-2-1-3-6-20/h1-12,17H,13-16,18H2. The maximum absolute atomic E-state index is 12.9. The van der Waals surface area contributed by atoms with Crippen LogP contribution in [0, 0.1) is 0 Å². The summed E-state index contributed by atoms with van der Waals surface area (Å²) in [5.41, 5.74) is 3.71. The number of nitrogens with zero attached hydrogens (tertiary/aromatic N) is 2. The number of anilines is 1. The molecule has 5 heteroatoms. The first-order valence-corrected chi connectivity index (χ1v) is 9.78. The van der Waals surface area contributed by atoms with Crippen LogP contribution in [0.15, 0.2) is 78.9 Å². The summed E-state index contributed by atoms with van der Waals surface area (Å²) in [4.78, 5) is 4.38. The predicted octanol–water partition coefficient (Wildman–Crippen LogP) is 5.69. The number of hydrogen-bond donors (Lipinski definition) is 0. The molecule has 3 aromatic carbocycles. The summed E-state index contributed by atoms with van der Waals surface area (Å²) < 4.78 is 38.8. The van der Waals surface area contributed by atoms with E-state index in [1.165, 1.54) is 28.8 Å². The Labute approximate surface area is 169 Å². The van der Waals surface area contributed by atoms with Gasteiger partial charge in [0.2, 0.25) is 0 Å². The average Bonchev–Trinajstić information content (AvgIpc) is 2.75. The van der Waals surface area contributed by atoms with Crippen molar-refractivity contribution in [3.63, 3.8) is 0 Å². The predicted molar refractivity (Wildman–Crippen MR) is 111 cm³/mol. The summed E-state index contributed by atoms with van der Waals surface area (Å²) in [7, 11) is 0. The summed E-state index contributed by atoms with van der Waals surface area (Å²) in [6.07, 6.45) is -4.30. The van der Waals surface area contributed by atoms with Gasteiger partial charge in [-0.25, -0.2) is 0 Å². The van der Waals surface area contributed by atoms with Gasteiger partial charge in [-0.2, -0.15) is 13.2 Å². The molecule has 1 aliphatic rings. The number of piperazine rings is 1. The molecule has 0 spiro atoms. The van der Waals surface area contributed by atoms with Crippen LogP contribution in [0.25, 0.3) is 11.1 Å². The number of benzene rings is 3. The molecular formula is C24H23F3N2. The van der Waals surface area contributed by atoms with Crippen LogP contribution in [0.3, 0.4) is 0 Å². The summed E-state index contributed by atoms with van der Waals surface area (Å²) >= 11 is 0. The Kier molecular flexibility index (Phi) is 5.58. The minimum atomic E-state index is -4.30. The lowest BCUT2D eigenvalue weighted by atomic mass is 10.0. The molecule has 2 nitrogen and oxygen atoms in total. The molecule has 0 atom stereocenters. The highest BCUT2D eigenvalue weighted by Crippen LogP contribution is 2.32. The van der Waals surface area contributed by atoms with Crippen molar-refractivity contribution >= 4 is 5.69 Å². The van der Waals surface area contributed by atoms with Crippen LogP contribution in [0.2, 0.25) is 0 Å². The fourth-order valence-corrected chi connectivity index (χ4v) is 3.73. The van der Waals surface area contributed by atoms with Crippen molar-refractivity contribution in [3.05, 3.63) is 90.0 Å². The molecule has 4 rings (SSSR count). The first kappa shape index (κ1) is 19.5. The molecule has 29 heavy (non-hydrogen) atoms. The molecule has 1 fully saturated rings. The van der Waals surface area contributed by atoms with E-state index in [9.17, 15) is 13.2 Å². The van der Waals surface area contributed by atoms with Gasteiger partial charge in [-0.1, -0.05) is 60.7 Å². The third-order valence-electron chi connectivity index (χ3n) is 5.38. The first-order chi connectivity index (χ1) is 14.0. The van der Waals surface area contributed by atoms with Crippen LogP contribution >= 0.6 is 0 Å². The van der Waals surface area contributed by atoms with E-state index in [0.717, 1.165) is 38.8 Å². The van der Waals surface area contributed by atoms with E-state index in [-0.39, 0.29) is 0 Å². The fourth-order valence-electron chi connectivity index (χ4n) is 3.73. The van der Waals surface area contributed by atoms with Crippen LogP contribution in [0.5, 0.6) is 0 Å². The molecule has 0 radical (unpaired) electrons. The number of alkyl halides is 3. The van der Waals surface area contributed by atoms with Crippen LogP contribution < -0.4 is 4.90 Å². The second-order valence-corrected chi connectivity index (χ2v) is 7.37. The summed E-state index contributed by atoms with van der Waals surface area (Å²) in [5.74, 6) is 0. The monoisotopic (exact) mass is 396 g/mol. The molecule has 0 amide bonds. The van der Waals surface area contributed by atoms with Crippen molar-refractivity contribution < 1.29 is 13.2 Å². The Balaban J connectivity index is 1.35. The van der Waals surface area contributed by atoms with E-state index in [4.69, 9.17) is 0 Å². The molecule has 0 bridgehead atoms. The number of halogens is 3. The Hall–Kier alpha value is -2.79. The molecule has 0 aliphatic carbocycles. The first-order valence-electron chi connectivity index (χ1n) is 9.78. The van der Waals surface area contributed by atoms with E-state index >= 15 is 0 Å². The Morgan fingerprint density at radius 2 is 1.34 bits per heavy atom. The smallest absolute Gasteiger partial charge is 0.369 e. The van der Waals surface area contributed by atoms with Crippen molar-refractivity contribution in [2.75, 3.05) is 31.1 Å². The fraction of sp³-hybridized carbons (Fsp3) is 0.250. The summed E-state index contributed by atoms with van der Waals surface area (Å²) in [6.45, 7) is 3.96. The minimum Gasteiger partial charge on any atom is -0.369 e. The highest BCUT2D eigenvalue weighted by Gasteiger charge is 2.31. The van der Waals surface area contributed by atoms with Crippen molar-refractivity contribution in [1.29, 1.82) is 0 Å². The van der Waals surface area contributed by atoms with E-state index in [2.05, 4.69) is 41.3 Å². The van der Waals surface area contributed by atoms with Gasteiger partial charge in [0.05, 0.1) is 5.56 Å². The molecule has 1 saturated heterocycles. The van der Waals surface area contributed by atoms with E-state index < -0.39 is 11.7 Å². The van der Waals surface area contributed by atoms with Gasteiger partial charge in [0.25, 0.3) is 0 Å². The molecular weight excluding hydrogens is 373 g/mol. The highest BCUT2D eigenvalue weighted by atomic mass is 19.4. The Bertz CT molecular complexity index is 928. The second kappa shape index (κ2) is 8.29. The molecule has 0 N–H and O–H groups in total. The maximum Gasteiger partial charge on any atom is 0.416 e. The second-order valence-electron chi connectivity index (χ2n) is 7.37. The lowest BCUT2D eigenvalue weighted by Gasteiger charge is -2.36. The largest absolute Gasteiger partial charge is 0.416 e. The normalized spacial score (nSPS) is 15.5. The van der Waals surface area contributed by atoms with Gasteiger partial charge < -0.3 is 4.90 Å². The van der Waals surface area contributed by atoms with Gasteiger partial charge >= 0.3 is 6.18 Å². The number of hydrogen-bond acceptors (Lipinski definition) is 2. The summed E-state index contributed by atoms with van der Waals surface area (Å²) in [5, 5.41) is 0. The Morgan fingerprint density at radius 1 is 0.690 bits per heavy atom. The van der Waals surface area contributed by atoms with Gasteiger partial charge in [0.1, 0.15) is 0 Å². The van der Waals surface area contributed by atoms with Gasteiger partial charge in [-0.3, -0.25) is 4.90 Å². The van der Waals surface area contributed by atoms with E-state index in [0.29, 0.717) is 5.69 Å². The number of rotatable bonds is 4.